The summed E-state index contributed by atoms with van der Waals surface area (Å²) in [5.41, 5.74) is 3.22. The third-order valence-electron chi connectivity index (χ3n) is 5.79. The molecule has 3 aromatic rings. The van der Waals surface area contributed by atoms with Crippen LogP contribution in [0.4, 0.5) is 0 Å². The molecule has 196 valence electrons. The molecule has 0 heterocycles. The molecule has 0 aromatic heterocycles. The summed E-state index contributed by atoms with van der Waals surface area (Å²) in [5, 5.41) is 3.43. The summed E-state index contributed by atoms with van der Waals surface area (Å²) in [6.45, 7) is 1.57. The molecule has 0 bridgehead atoms. The summed E-state index contributed by atoms with van der Waals surface area (Å²) in [6.07, 6.45) is 0.180. The third-order valence-corrected chi connectivity index (χ3v) is 5.79. The SMILES string of the molecule is COC(=O)c1cc(C(=O)OC)cc(C(CCNCc2cc(OC)cc(OC)c2)OCc2ccccc2)c1. The molecule has 1 N–H and O–H groups in total. The maximum Gasteiger partial charge on any atom is 0.337 e. The highest BCUT2D eigenvalue weighted by atomic mass is 16.5. The van der Waals surface area contributed by atoms with Gasteiger partial charge < -0.3 is 29.0 Å². The van der Waals surface area contributed by atoms with Crippen LogP contribution in [-0.2, 0) is 27.4 Å². The molecule has 0 saturated carbocycles. The zero-order chi connectivity index (χ0) is 26.6. The molecule has 0 radical (unpaired) electrons. The van der Waals surface area contributed by atoms with E-state index in [9.17, 15) is 9.59 Å². The fourth-order valence-corrected chi connectivity index (χ4v) is 3.86. The molecule has 1 unspecified atom stereocenters. The zero-order valence-corrected chi connectivity index (χ0v) is 21.6. The first-order valence-electron chi connectivity index (χ1n) is 11.9. The Labute approximate surface area is 217 Å². The number of carbonyl (C=O) groups excluding carboxylic acids is 2. The van der Waals surface area contributed by atoms with Crippen molar-refractivity contribution in [2.24, 2.45) is 0 Å². The van der Waals surface area contributed by atoms with E-state index >= 15 is 0 Å². The van der Waals surface area contributed by atoms with Crippen LogP contribution in [0.5, 0.6) is 11.5 Å². The van der Waals surface area contributed by atoms with Crippen molar-refractivity contribution in [3.8, 4) is 11.5 Å². The lowest BCUT2D eigenvalue weighted by Crippen LogP contribution is -2.19. The first kappa shape index (κ1) is 27.7. The molecule has 0 aliphatic rings. The first-order chi connectivity index (χ1) is 18.0. The van der Waals surface area contributed by atoms with Gasteiger partial charge in [0.25, 0.3) is 0 Å². The van der Waals surface area contributed by atoms with Crippen molar-refractivity contribution in [2.75, 3.05) is 35.0 Å². The Kier molecular flexibility index (Phi) is 10.5. The van der Waals surface area contributed by atoms with E-state index in [1.807, 2.05) is 48.5 Å². The molecule has 0 aliphatic heterocycles. The summed E-state index contributed by atoms with van der Waals surface area (Å²) in [7, 11) is 5.83. The molecule has 0 aliphatic carbocycles. The number of hydrogen-bond acceptors (Lipinski definition) is 8. The summed E-state index contributed by atoms with van der Waals surface area (Å²) < 4.78 is 26.8. The smallest absolute Gasteiger partial charge is 0.337 e. The average Bonchev–Trinajstić information content (AvgIpc) is 2.95. The highest BCUT2D eigenvalue weighted by Crippen LogP contribution is 2.27. The lowest BCUT2D eigenvalue weighted by Gasteiger charge is -2.20. The van der Waals surface area contributed by atoms with E-state index in [0.717, 1.165) is 22.6 Å². The quantitative estimate of drug-likeness (QED) is 0.263. The molecule has 8 nitrogen and oxygen atoms in total. The molecule has 0 amide bonds. The Bertz CT molecular complexity index is 1120. The number of esters is 2. The molecule has 0 spiro atoms. The number of ether oxygens (including phenoxy) is 5. The molecule has 3 aromatic carbocycles. The second kappa shape index (κ2) is 14.0. The summed E-state index contributed by atoms with van der Waals surface area (Å²) in [5.74, 6) is 0.350. The van der Waals surface area contributed by atoms with Crippen LogP contribution in [0.1, 0.15) is 49.9 Å². The Balaban J connectivity index is 1.79. The van der Waals surface area contributed by atoms with Crippen LogP contribution in [0.3, 0.4) is 0 Å². The van der Waals surface area contributed by atoms with Crippen molar-refractivity contribution in [3.05, 3.63) is 94.5 Å². The van der Waals surface area contributed by atoms with Crippen LogP contribution in [0, 0.1) is 0 Å². The number of nitrogens with one attached hydrogen (secondary N) is 1. The van der Waals surface area contributed by atoms with E-state index in [1.165, 1.54) is 20.3 Å². The Hall–Kier alpha value is -3.88. The van der Waals surface area contributed by atoms with Crippen LogP contribution >= 0.6 is 0 Å². The minimum Gasteiger partial charge on any atom is -0.497 e. The number of rotatable bonds is 13. The highest BCUT2D eigenvalue weighted by molar-refractivity contribution is 5.95. The van der Waals surface area contributed by atoms with Crippen molar-refractivity contribution >= 4 is 11.9 Å². The van der Waals surface area contributed by atoms with Gasteiger partial charge in [-0.15, -0.1) is 0 Å². The second-order valence-corrected chi connectivity index (χ2v) is 8.30. The third kappa shape index (κ3) is 8.06. The number of hydrogen-bond donors (Lipinski definition) is 1. The molecule has 0 fully saturated rings. The van der Waals surface area contributed by atoms with Crippen molar-refractivity contribution in [2.45, 2.75) is 25.7 Å². The molecule has 37 heavy (non-hydrogen) atoms. The predicted molar refractivity (Wildman–Crippen MR) is 139 cm³/mol. The van der Waals surface area contributed by atoms with E-state index in [-0.39, 0.29) is 11.1 Å². The summed E-state index contributed by atoms with van der Waals surface area (Å²) >= 11 is 0. The van der Waals surface area contributed by atoms with Gasteiger partial charge in [0.15, 0.2) is 0 Å². The van der Waals surface area contributed by atoms with Crippen molar-refractivity contribution < 1.29 is 33.3 Å². The molecule has 8 heteroatoms. The van der Waals surface area contributed by atoms with Gasteiger partial charge in [0.2, 0.25) is 0 Å². The molecular weight excluding hydrogens is 474 g/mol. The zero-order valence-electron chi connectivity index (χ0n) is 21.6. The maximum absolute atomic E-state index is 12.3. The van der Waals surface area contributed by atoms with Gasteiger partial charge in [-0.3, -0.25) is 0 Å². The number of benzene rings is 3. The monoisotopic (exact) mass is 507 g/mol. The van der Waals surface area contributed by atoms with Gasteiger partial charge in [0, 0.05) is 12.6 Å². The van der Waals surface area contributed by atoms with E-state index in [0.29, 0.717) is 31.7 Å². The van der Waals surface area contributed by atoms with Crippen LogP contribution < -0.4 is 14.8 Å². The van der Waals surface area contributed by atoms with E-state index in [4.69, 9.17) is 23.7 Å². The fraction of sp³-hybridized carbons (Fsp3) is 0.310. The first-order valence-corrected chi connectivity index (χ1v) is 11.9. The van der Waals surface area contributed by atoms with Gasteiger partial charge in [-0.1, -0.05) is 30.3 Å². The van der Waals surface area contributed by atoms with Gasteiger partial charge in [0.1, 0.15) is 11.5 Å². The fourth-order valence-electron chi connectivity index (χ4n) is 3.86. The normalized spacial score (nSPS) is 11.5. The second-order valence-electron chi connectivity index (χ2n) is 8.30. The molecule has 1 atom stereocenters. The Morgan fingerprint density at radius 2 is 1.35 bits per heavy atom. The van der Waals surface area contributed by atoms with Gasteiger partial charge in [0.05, 0.1) is 52.3 Å². The van der Waals surface area contributed by atoms with E-state index in [1.54, 1.807) is 26.4 Å². The average molecular weight is 508 g/mol. The van der Waals surface area contributed by atoms with Crippen LogP contribution in [0.15, 0.2) is 66.7 Å². The number of carbonyl (C=O) groups is 2. The van der Waals surface area contributed by atoms with Crippen molar-refractivity contribution in [1.29, 1.82) is 0 Å². The largest absolute Gasteiger partial charge is 0.497 e. The molecule has 0 saturated heterocycles. The number of methoxy groups -OCH3 is 4. The molecule has 3 rings (SSSR count). The van der Waals surface area contributed by atoms with E-state index < -0.39 is 18.0 Å². The Morgan fingerprint density at radius 1 is 0.757 bits per heavy atom. The minimum atomic E-state index is -0.543. The molecular formula is C29H33NO7. The maximum atomic E-state index is 12.3. The standard InChI is InChI=1S/C29H33NO7/c1-33-25-12-21(13-26(17-25)34-2)18-30-11-10-27(37-19-20-8-6-5-7-9-20)22-14-23(28(31)35-3)16-24(15-22)29(32)36-4/h5-9,12-17,27,30H,10-11,18-19H2,1-4H3. The van der Waals surface area contributed by atoms with Gasteiger partial charge >= 0.3 is 11.9 Å². The predicted octanol–water partition coefficient (Wildman–Crippen LogP) is 4.71. The minimum absolute atomic E-state index is 0.255. The van der Waals surface area contributed by atoms with Gasteiger partial charge in [-0.25, -0.2) is 9.59 Å². The van der Waals surface area contributed by atoms with Crippen molar-refractivity contribution in [1.82, 2.24) is 5.32 Å². The highest BCUT2D eigenvalue weighted by Gasteiger charge is 2.20. The van der Waals surface area contributed by atoms with Crippen LogP contribution in [0.2, 0.25) is 0 Å². The summed E-state index contributed by atoms with van der Waals surface area (Å²) in [4.78, 5) is 24.6. The van der Waals surface area contributed by atoms with Gasteiger partial charge in [-0.05, 0) is 60.0 Å². The van der Waals surface area contributed by atoms with Crippen LogP contribution in [0.25, 0.3) is 0 Å². The summed E-state index contributed by atoms with van der Waals surface area (Å²) in [6, 6.07) is 20.4. The lowest BCUT2D eigenvalue weighted by atomic mass is 9.99. The topological polar surface area (TPSA) is 92.3 Å². The Morgan fingerprint density at radius 3 is 1.89 bits per heavy atom. The lowest BCUT2D eigenvalue weighted by molar-refractivity contribution is 0.0337. The van der Waals surface area contributed by atoms with E-state index in [2.05, 4.69) is 5.32 Å². The van der Waals surface area contributed by atoms with Gasteiger partial charge in [-0.2, -0.15) is 0 Å². The van der Waals surface area contributed by atoms with Crippen LogP contribution in [-0.4, -0.2) is 46.9 Å². The van der Waals surface area contributed by atoms with Crippen molar-refractivity contribution in [3.63, 3.8) is 0 Å².